The molecule has 0 bridgehead atoms. The van der Waals surface area contributed by atoms with Crippen molar-refractivity contribution in [2.75, 3.05) is 0 Å². The highest BCUT2D eigenvalue weighted by Gasteiger charge is 2.30. The van der Waals surface area contributed by atoms with Crippen LogP contribution in [-0.2, 0) is 19.3 Å². The van der Waals surface area contributed by atoms with Gasteiger partial charge >= 0.3 is 6.18 Å². The van der Waals surface area contributed by atoms with Crippen molar-refractivity contribution in [3.05, 3.63) is 64.2 Å². The number of alkyl halides is 3. The Kier molecular flexibility index (Phi) is 5.54. The first-order valence-corrected chi connectivity index (χ1v) is 10.1. The smallest absolute Gasteiger partial charge is 0.240 e. The number of fused-ring (bicyclic) bond motifs is 1. The molecule has 0 fully saturated rings. The number of hydrogen-bond acceptors (Lipinski definition) is 5. The van der Waals surface area contributed by atoms with E-state index >= 15 is 0 Å². The van der Waals surface area contributed by atoms with Gasteiger partial charge < -0.3 is 0 Å². The van der Waals surface area contributed by atoms with Crippen molar-refractivity contribution >= 4 is 21.6 Å². The van der Waals surface area contributed by atoms with Crippen LogP contribution in [-0.4, -0.2) is 40.5 Å². The lowest BCUT2D eigenvalue weighted by Crippen LogP contribution is -2.12. The molecule has 0 saturated carbocycles. The van der Waals surface area contributed by atoms with Crippen LogP contribution in [0.25, 0.3) is 11.5 Å². The lowest BCUT2D eigenvalue weighted by Gasteiger charge is -2.11. The fraction of sp³-hybridized carbons (Fsp3) is 0.316. The van der Waals surface area contributed by atoms with Crippen LogP contribution in [0.15, 0.2) is 41.4 Å². The van der Waals surface area contributed by atoms with Gasteiger partial charge in [-0.15, -0.1) is 5.10 Å². The Labute approximate surface area is 178 Å². The van der Waals surface area contributed by atoms with Gasteiger partial charge in [0.2, 0.25) is 0 Å². The summed E-state index contributed by atoms with van der Waals surface area (Å²) in [4.78, 5) is 13.0. The summed E-state index contributed by atoms with van der Waals surface area (Å²) >= 11 is 3.48. The third-order valence-electron chi connectivity index (χ3n) is 4.48. The second-order valence-electron chi connectivity index (χ2n) is 6.73. The van der Waals surface area contributed by atoms with E-state index in [0.29, 0.717) is 24.3 Å². The minimum absolute atomic E-state index is 0.263. The summed E-state index contributed by atoms with van der Waals surface area (Å²) in [6.45, 7) is 2.00. The predicted octanol–water partition coefficient (Wildman–Crippen LogP) is 4.12. The van der Waals surface area contributed by atoms with Crippen molar-refractivity contribution in [1.82, 2.24) is 34.3 Å². The number of rotatable bonds is 6. The zero-order valence-electron chi connectivity index (χ0n) is 15.9. The van der Waals surface area contributed by atoms with Gasteiger partial charge in [-0.05, 0) is 40.5 Å². The second-order valence-corrected chi connectivity index (χ2v) is 7.58. The van der Waals surface area contributed by atoms with Crippen molar-refractivity contribution in [1.29, 1.82) is 0 Å². The van der Waals surface area contributed by atoms with Crippen LogP contribution in [0.4, 0.5) is 13.2 Å². The number of hydrogen-bond donors (Lipinski definition) is 0. The van der Waals surface area contributed by atoms with E-state index in [-0.39, 0.29) is 5.82 Å². The topological polar surface area (TPSA) is 73.8 Å². The largest absolute Gasteiger partial charge is 0.396 e. The molecule has 30 heavy (non-hydrogen) atoms. The lowest BCUT2D eigenvalue weighted by molar-refractivity contribution is -0.128. The van der Waals surface area contributed by atoms with Crippen molar-refractivity contribution in [3.8, 4) is 5.82 Å². The number of halogens is 4. The molecule has 0 atom stereocenters. The molecule has 0 aliphatic heterocycles. The average Bonchev–Trinajstić information content (AvgIpc) is 3.29. The number of aryl methyl sites for hydroxylation is 1. The fourth-order valence-corrected chi connectivity index (χ4v) is 3.68. The Morgan fingerprint density at radius 3 is 2.70 bits per heavy atom. The molecule has 0 amide bonds. The van der Waals surface area contributed by atoms with E-state index in [9.17, 15) is 13.2 Å². The third-order valence-corrected chi connectivity index (χ3v) is 5.10. The molecule has 0 unspecified atom stereocenters. The zero-order chi connectivity index (χ0) is 21.3. The number of nitrogens with zero attached hydrogens (tertiary/aromatic N) is 7. The SMILES string of the molecule is CCCc1c(Cc2ccnn2-c2ncccc2Br)ncn2nc(CC(F)(F)F)nc12. The Morgan fingerprint density at radius 1 is 1.13 bits per heavy atom. The monoisotopic (exact) mass is 479 g/mol. The first-order valence-electron chi connectivity index (χ1n) is 9.28. The van der Waals surface area contributed by atoms with Gasteiger partial charge in [-0.3, -0.25) is 0 Å². The molecule has 0 spiro atoms. The van der Waals surface area contributed by atoms with Crippen LogP contribution in [0.3, 0.4) is 0 Å². The maximum Gasteiger partial charge on any atom is 0.396 e. The molecular weight excluding hydrogens is 463 g/mol. The Hall–Kier alpha value is -2.82. The van der Waals surface area contributed by atoms with Crippen molar-refractivity contribution in [2.45, 2.75) is 38.8 Å². The van der Waals surface area contributed by atoms with Crippen LogP contribution in [0.5, 0.6) is 0 Å². The molecule has 0 aromatic carbocycles. The molecule has 0 radical (unpaired) electrons. The molecular formula is C19H17BrF3N7. The standard InChI is InChI=1S/C19H17BrF3N7/c1-2-4-13-15(25-11-29-17(13)27-16(28-29)10-19(21,22)23)9-12-6-8-26-30(12)18-14(20)5-3-7-24-18/h3,5-8,11H,2,4,9-10H2,1H3. The van der Waals surface area contributed by atoms with Crippen LogP contribution in [0.2, 0.25) is 0 Å². The molecule has 4 aromatic rings. The van der Waals surface area contributed by atoms with E-state index in [1.807, 2.05) is 25.1 Å². The summed E-state index contributed by atoms with van der Waals surface area (Å²) in [5.74, 6) is 0.381. The predicted molar refractivity (Wildman–Crippen MR) is 106 cm³/mol. The maximum atomic E-state index is 12.8. The molecule has 0 saturated heterocycles. The minimum atomic E-state index is -4.37. The van der Waals surface area contributed by atoms with Gasteiger partial charge in [0.25, 0.3) is 0 Å². The van der Waals surface area contributed by atoms with Gasteiger partial charge in [0.15, 0.2) is 17.3 Å². The van der Waals surface area contributed by atoms with Crippen molar-refractivity contribution < 1.29 is 13.2 Å². The highest BCUT2D eigenvalue weighted by atomic mass is 79.9. The van der Waals surface area contributed by atoms with Gasteiger partial charge in [-0.1, -0.05) is 13.3 Å². The van der Waals surface area contributed by atoms with E-state index in [1.165, 1.54) is 10.8 Å². The van der Waals surface area contributed by atoms with Gasteiger partial charge in [-0.25, -0.2) is 24.1 Å². The molecule has 11 heteroatoms. The fourth-order valence-electron chi connectivity index (χ4n) is 3.26. The molecule has 4 rings (SSSR count). The Balaban J connectivity index is 1.74. The van der Waals surface area contributed by atoms with E-state index < -0.39 is 12.6 Å². The summed E-state index contributed by atoms with van der Waals surface area (Å²) in [6, 6.07) is 5.55. The normalized spacial score (nSPS) is 12.0. The third kappa shape index (κ3) is 4.20. The number of pyridine rings is 1. The minimum Gasteiger partial charge on any atom is -0.240 e. The van der Waals surface area contributed by atoms with Crippen LogP contribution in [0.1, 0.15) is 36.1 Å². The quantitative estimate of drug-likeness (QED) is 0.415. The first kappa shape index (κ1) is 20.5. The number of aromatic nitrogens is 7. The summed E-state index contributed by atoms with van der Waals surface area (Å²) in [7, 11) is 0. The van der Waals surface area contributed by atoms with Crippen LogP contribution < -0.4 is 0 Å². The van der Waals surface area contributed by atoms with E-state index in [4.69, 9.17) is 0 Å². The molecule has 0 aliphatic rings. The average molecular weight is 480 g/mol. The van der Waals surface area contributed by atoms with Crippen molar-refractivity contribution in [3.63, 3.8) is 0 Å². The van der Waals surface area contributed by atoms with E-state index in [0.717, 1.165) is 27.8 Å². The van der Waals surface area contributed by atoms with Crippen LogP contribution >= 0.6 is 15.9 Å². The maximum absolute atomic E-state index is 12.8. The molecule has 4 aromatic heterocycles. The first-order chi connectivity index (χ1) is 14.4. The van der Waals surface area contributed by atoms with Crippen LogP contribution in [0, 0.1) is 0 Å². The second kappa shape index (κ2) is 8.13. The van der Waals surface area contributed by atoms with Gasteiger partial charge in [-0.2, -0.15) is 18.3 Å². The van der Waals surface area contributed by atoms with E-state index in [2.05, 4.69) is 41.1 Å². The van der Waals surface area contributed by atoms with Crippen molar-refractivity contribution in [2.24, 2.45) is 0 Å². The highest BCUT2D eigenvalue weighted by Crippen LogP contribution is 2.24. The molecule has 0 aliphatic carbocycles. The molecule has 4 heterocycles. The van der Waals surface area contributed by atoms with E-state index in [1.54, 1.807) is 17.1 Å². The Morgan fingerprint density at radius 2 is 1.97 bits per heavy atom. The molecule has 156 valence electrons. The summed E-state index contributed by atoms with van der Waals surface area (Å²) in [5.41, 5.74) is 2.77. The summed E-state index contributed by atoms with van der Waals surface area (Å²) in [6.07, 6.45) is 1.07. The Bertz CT molecular complexity index is 1180. The van der Waals surface area contributed by atoms with Gasteiger partial charge in [0.05, 0.1) is 15.9 Å². The molecule has 0 N–H and O–H groups in total. The van der Waals surface area contributed by atoms with Gasteiger partial charge in [0, 0.05) is 24.4 Å². The lowest BCUT2D eigenvalue weighted by atomic mass is 10.1. The molecule has 7 nitrogen and oxygen atoms in total. The van der Waals surface area contributed by atoms with Gasteiger partial charge in [0.1, 0.15) is 12.7 Å². The summed E-state index contributed by atoms with van der Waals surface area (Å²) < 4.78 is 42.1. The highest BCUT2D eigenvalue weighted by molar-refractivity contribution is 9.10. The summed E-state index contributed by atoms with van der Waals surface area (Å²) in [5, 5.41) is 8.31. The zero-order valence-corrected chi connectivity index (χ0v) is 17.5.